The first kappa shape index (κ1) is 13.9. The molecule has 0 radical (unpaired) electrons. The van der Waals surface area contributed by atoms with Gasteiger partial charge >= 0.3 is 0 Å². The van der Waals surface area contributed by atoms with Crippen molar-refractivity contribution in [3.8, 4) is 0 Å². The van der Waals surface area contributed by atoms with Gasteiger partial charge in [-0.3, -0.25) is 0 Å². The van der Waals surface area contributed by atoms with Gasteiger partial charge in [-0.05, 0) is 48.7 Å². The zero-order valence-corrected chi connectivity index (χ0v) is 12.6. The number of aryl methyl sites for hydroxylation is 2. The van der Waals surface area contributed by atoms with E-state index >= 15 is 0 Å². The molecule has 0 aliphatic heterocycles. The lowest BCUT2D eigenvalue weighted by atomic mass is 10.1. The Balaban J connectivity index is 2.09. The van der Waals surface area contributed by atoms with Gasteiger partial charge in [-0.15, -0.1) is 0 Å². The van der Waals surface area contributed by atoms with E-state index in [1.54, 1.807) is 19.9 Å². The third-order valence-corrected chi connectivity index (χ3v) is 3.81. The number of benzene rings is 2. The summed E-state index contributed by atoms with van der Waals surface area (Å²) in [5.74, 6) is 0.261. The molecule has 0 aliphatic rings. The van der Waals surface area contributed by atoms with E-state index in [2.05, 4.69) is 4.98 Å². The van der Waals surface area contributed by atoms with E-state index in [4.69, 9.17) is 17.3 Å². The van der Waals surface area contributed by atoms with Gasteiger partial charge in [-0.1, -0.05) is 23.7 Å². The minimum absolute atomic E-state index is 0.162. The Morgan fingerprint density at radius 3 is 2.52 bits per heavy atom. The molecule has 0 aliphatic carbocycles. The maximum absolute atomic E-state index is 13.7. The monoisotopic (exact) mass is 303 g/mol. The molecule has 3 nitrogen and oxygen atoms in total. The third-order valence-electron chi connectivity index (χ3n) is 3.58. The molecule has 1 aromatic heterocycles. The molecule has 21 heavy (non-hydrogen) atoms. The molecule has 0 spiro atoms. The fourth-order valence-electron chi connectivity index (χ4n) is 2.59. The van der Waals surface area contributed by atoms with Crippen LogP contribution in [-0.2, 0) is 6.54 Å². The van der Waals surface area contributed by atoms with E-state index in [0.29, 0.717) is 28.6 Å². The van der Waals surface area contributed by atoms with Crippen LogP contribution in [0.3, 0.4) is 0 Å². The molecule has 1 heterocycles. The Kier molecular flexibility index (Phi) is 3.33. The number of halogens is 2. The Morgan fingerprint density at radius 1 is 1.19 bits per heavy atom. The van der Waals surface area contributed by atoms with Gasteiger partial charge in [-0.25, -0.2) is 9.37 Å². The van der Waals surface area contributed by atoms with Gasteiger partial charge in [0.2, 0.25) is 5.95 Å². The number of nitrogen functional groups attached to an aromatic ring is 1. The van der Waals surface area contributed by atoms with Crippen molar-refractivity contribution in [2.45, 2.75) is 20.4 Å². The van der Waals surface area contributed by atoms with E-state index in [-0.39, 0.29) is 5.82 Å². The van der Waals surface area contributed by atoms with E-state index in [1.165, 1.54) is 0 Å². The predicted molar refractivity (Wildman–Crippen MR) is 84.1 cm³/mol. The summed E-state index contributed by atoms with van der Waals surface area (Å²) in [7, 11) is 0. The lowest BCUT2D eigenvalue weighted by molar-refractivity contribution is 0.607. The number of hydrogen-bond acceptors (Lipinski definition) is 2. The molecule has 0 saturated carbocycles. The Hall–Kier alpha value is -2.07. The largest absolute Gasteiger partial charge is 0.369 e. The summed E-state index contributed by atoms with van der Waals surface area (Å²) < 4.78 is 15.6. The van der Waals surface area contributed by atoms with Crippen molar-refractivity contribution in [1.29, 1.82) is 0 Å². The number of rotatable bonds is 2. The highest BCUT2D eigenvalue weighted by atomic mass is 35.5. The van der Waals surface area contributed by atoms with Crippen LogP contribution in [0.4, 0.5) is 10.3 Å². The SMILES string of the molecule is Cc1cc(Cn2c(N)nc3ccc(Cl)cc32)cc(C)c1F. The number of hydrogen-bond donors (Lipinski definition) is 1. The lowest BCUT2D eigenvalue weighted by Crippen LogP contribution is -2.05. The van der Waals surface area contributed by atoms with Crippen LogP contribution in [0.2, 0.25) is 5.02 Å². The van der Waals surface area contributed by atoms with Crippen molar-refractivity contribution < 1.29 is 4.39 Å². The van der Waals surface area contributed by atoms with Crippen LogP contribution in [0.25, 0.3) is 11.0 Å². The number of anilines is 1. The molecule has 5 heteroatoms. The van der Waals surface area contributed by atoms with E-state index in [0.717, 1.165) is 16.6 Å². The molecule has 0 fully saturated rings. The molecule has 0 unspecified atom stereocenters. The van der Waals surface area contributed by atoms with E-state index in [1.807, 2.05) is 28.8 Å². The second-order valence-corrected chi connectivity index (χ2v) is 5.67. The molecule has 0 bridgehead atoms. The van der Waals surface area contributed by atoms with Gasteiger partial charge in [0, 0.05) is 5.02 Å². The Morgan fingerprint density at radius 2 is 1.86 bits per heavy atom. The van der Waals surface area contributed by atoms with E-state index in [9.17, 15) is 4.39 Å². The first-order chi connectivity index (χ1) is 9.95. The molecule has 0 atom stereocenters. The zero-order chi connectivity index (χ0) is 15.1. The highest BCUT2D eigenvalue weighted by Gasteiger charge is 2.11. The zero-order valence-electron chi connectivity index (χ0n) is 11.8. The number of nitrogens with zero attached hydrogens (tertiary/aromatic N) is 2. The van der Waals surface area contributed by atoms with Gasteiger partial charge in [-0.2, -0.15) is 0 Å². The molecule has 3 aromatic rings. The van der Waals surface area contributed by atoms with Crippen LogP contribution < -0.4 is 5.73 Å². The van der Waals surface area contributed by atoms with Gasteiger partial charge in [0.1, 0.15) is 5.82 Å². The van der Waals surface area contributed by atoms with Gasteiger partial charge in [0.15, 0.2) is 0 Å². The summed E-state index contributed by atoms with van der Waals surface area (Å²) >= 11 is 6.04. The van der Waals surface area contributed by atoms with Crippen LogP contribution >= 0.6 is 11.6 Å². The lowest BCUT2D eigenvalue weighted by Gasteiger charge is -2.10. The number of aromatic nitrogens is 2. The number of nitrogens with two attached hydrogens (primary N) is 1. The normalized spacial score (nSPS) is 11.2. The van der Waals surface area contributed by atoms with Crippen LogP contribution in [0.5, 0.6) is 0 Å². The summed E-state index contributed by atoms with van der Waals surface area (Å²) in [6.07, 6.45) is 0. The maximum Gasteiger partial charge on any atom is 0.201 e. The quantitative estimate of drug-likeness (QED) is 0.775. The molecule has 2 N–H and O–H groups in total. The standard InChI is InChI=1S/C16H15ClFN3/c1-9-5-11(6-10(2)15(9)18)8-21-14-7-12(17)3-4-13(14)20-16(21)19/h3-7H,8H2,1-2H3,(H2,19,20). The number of imidazole rings is 1. The molecule has 3 rings (SSSR count). The first-order valence-electron chi connectivity index (χ1n) is 6.62. The Bertz CT molecular complexity index is 816. The summed E-state index contributed by atoms with van der Waals surface area (Å²) in [6.45, 7) is 4.06. The van der Waals surface area contributed by atoms with Gasteiger partial charge in [0.05, 0.1) is 17.6 Å². The highest BCUT2D eigenvalue weighted by molar-refractivity contribution is 6.31. The molecular formula is C16H15ClFN3. The summed E-state index contributed by atoms with van der Waals surface area (Å²) in [5.41, 5.74) is 9.91. The van der Waals surface area contributed by atoms with Gasteiger partial charge in [0.25, 0.3) is 0 Å². The van der Waals surface area contributed by atoms with Gasteiger partial charge < -0.3 is 10.3 Å². The summed E-state index contributed by atoms with van der Waals surface area (Å²) in [5, 5.41) is 0.634. The van der Waals surface area contributed by atoms with Crippen LogP contribution in [-0.4, -0.2) is 9.55 Å². The molecule has 108 valence electrons. The minimum atomic E-state index is -0.162. The Labute approximate surface area is 127 Å². The molecule has 2 aromatic carbocycles. The van der Waals surface area contributed by atoms with Crippen molar-refractivity contribution in [2.75, 3.05) is 5.73 Å². The number of fused-ring (bicyclic) bond motifs is 1. The van der Waals surface area contributed by atoms with Crippen molar-refractivity contribution in [2.24, 2.45) is 0 Å². The topological polar surface area (TPSA) is 43.8 Å². The molecule has 0 amide bonds. The maximum atomic E-state index is 13.7. The van der Waals surface area contributed by atoms with Crippen molar-refractivity contribution in [3.05, 3.63) is 57.9 Å². The van der Waals surface area contributed by atoms with E-state index < -0.39 is 0 Å². The van der Waals surface area contributed by atoms with Crippen molar-refractivity contribution in [1.82, 2.24) is 9.55 Å². The minimum Gasteiger partial charge on any atom is -0.369 e. The molecular weight excluding hydrogens is 289 g/mol. The van der Waals surface area contributed by atoms with Crippen LogP contribution in [0.1, 0.15) is 16.7 Å². The summed E-state index contributed by atoms with van der Waals surface area (Å²) in [6, 6.07) is 9.12. The second kappa shape index (κ2) is 5.04. The van der Waals surface area contributed by atoms with Crippen LogP contribution in [0.15, 0.2) is 30.3 Å². The predicted octanol–water partition coefficient (Wildman–Crippen LogP) is 4.08. The average molecular weight is 304 g/mol. The highest BCUT2D eigenvalue weighted by Crippen LogP contribution is 2.24. The summed E-state index contributed by atoms with van der Waals surface area (Å²) in [4.78, 5) is 4.32. The average Bonchev–Trinajstić information content (AvgIpc) is 2.72. The second-order valence-electron chi connectivity index (χ2n) is 5.23. The van der Waals surface area contributed by atoms with Crippen LogP contribution in [0, 0.1) is 19.7 Å². The fourth-order valence-corrected chi connectivity index (χ4v) is 2.76. The fraction of sp³-hybridized carbons (Fsp3) is 0.188. The first-order valence-corrected chi connectivity index (χ1v) is 7.00. The smallest absolute Gasteiger partial charge is 0.201 e. The molecule has 0 saturated heterocycles. The van der Waals surface area contributed by atoms with Crippen molar-refractivity contribution in [3.63, 3.8) is 0 Å². The third kappa shape index (κ3) is 2.47. The van der Waals surface area contributed by atoms with Crippen molar-refractivity contribution >= 4 is 28.6 Å².